The molecule has 0 unspecified atom stereocenters. The highest BCUT2D eigenvalue weighted by Gasteiger charge is 2.27. The van der Waals surface area contributed by atoms with Crippen LogP contribution in [-0.4, -0.2) is 39.7 Å². The van der Waals surface area contributed by atoms with Gasteiger partial charge in [0, 0.05) is 6.42 Å². The zero-order chi connectivity index (χ0) is 15.3. The smallest absolute Gasteiger partial charge is 0.303 e. The van der Waals surface area contributed by atoms with Crippen molar-refractivity contribution in [3.63, 3.8) is 0 Å². The molecule has 1 N–H and O–H groups in total. The first-order chi connectivity index (χ1) is 9.20. The Balaban J connectivity index is 2.39. The van der Waals surface area contributed by atoms with Gasteiger partial charge in [-0.3, -0.25) is 4.79 Å². The third-order valence-corrected chi connectivity index (χ3v) is 3.75. The van der Waals surface area contributed by atoms with E-state index in [2.05, 4.69) is 5.28 Å². The van der Waals surface area contributed by atoms with E-state index in [9.17, 15) is 10.0 Å². The molecule has 116 valence electrons. The van der Waals surface area contributed by atoms with E-state index in [0.29, 0.717) is 4.97 Å². The van der Waals surface area contributed by atoms with Crippen molar-refractivity contribution >= 4 is 5.97 Å². The van der Waals surface area contributed by atoms with Crippen LogP contribution in [0.4, 0.5) is 0 Å². The fourth-order valence-electron chi connectivity index (χ4n) is 2.11. The molecule has 1 fully saturated rings. The van der Waals surface area contributed by atoms with Gasteiger partial charge in [-0.1, -0.05) is 0 Å². The minimum atomic E-state index is -0.753. The van der Waals surface area contributed by atoms with Gasteiger partial charge in [-0.25, -0.2) is 0 Å². The van der Waals surface area contributed by atoms with Crippen molar-refractivity contribution in [1.82, 2.24) is 5.01 Å². The highest BCUT2D eigenvalue weighted by molar-refractivity contribution is 5.67. The topological polar surface area (TPSA) is 88.2 Å². The highest BCUT2D eigenvalue weighted by atomic mass is 16.7. The van der Waals surface area contributed by atoms with Crippen LogP contribution in [0.3, 0.4) is 0 Å². The monoisotopic (exact) mass is 287 g/mol. The standard InChI is InChI=1S/C13H25N3O4/c1-13(2,3)15(4)16(19)14-20-11-7-5-10(6-8-11)9-12(17)18/h10-11H,5-9H2,1-4H3,(H,17,18)/b16-14+. The Labute approximate surface area is 119 Å². The summed E-state index contributed by atoms with van der Waals surface area (Å²) in [6.07, 6.45) is 3.22. The lowest BCUT2D eigenvalue weighted by molar-refractivity contribution is -0.720. The van der Waals surface area contributed by atoms with Crippen LogP contribution in [0, 0.1) is 11.1 Å². The fraction of sp³-hybridized carbons (Fsp3) is 0.923. The summed E-state index contributed by atoms with van der Waals surface area (Å²) in [4.78, 5) is 16.4. The van der Waals surface area contributed by atoms with E-state index in [-0.39, 0.29) is 24.0 Å². The maximum atomic E-state index is 11.7. The predicted molar refractivity (Wildman–Crippen MR) is 72.7 cm³/mol. The molecule has 0 amide bonds. The van der Waals surface area contributed by atoms with Crippen molar-refractivity contribution in [2.24, 2.45) is 11.2 Å². The molecule has 0 heterocycles. The van der Waals surface area contributed by atoms with Crippen molar-refractivity contribution < 1.29 is 19.7 Å². The van der Waals surface area contributed by atoms with Crippen LogP contribution in [-0.2, 0) is 9.63 Å². The summed E-state index contributed by atoms with van der Waals surface area (Å²) < 4.78 is 0. The average molecular weight is 287 g/mol. The van der Waals surface area contributed by atoms with Crippen LogP contribution in [0.2, 0.25) is 0 Å². The fourth-order valence-corrected chi connectivity index (χ4v) is 2.11. The summed E-state index contributed by atoms with van der Waals surface area (Å²) >= 11 is 0. The van der Waals surface area contributed by atoms with Gasteiger partial charge in [0.05, 0.1) is 17.6 Å². The van der Waals surface area contributed by atoms with Crippen molar-refractivity contribution in [2.45, 2.75) is 64.5 Å². The van der Waals surface area contributed by atoms with Crippen LogP contribution in [0.25, 0.3) is 0 Å². The van der Waals surface area contributed by atoms with Gasteiger partial charge in [0.25, 0.3) is 0 Å². The van der Waals surface area contributed by atoms with Crippen LogP contribution in [0.5, 0.6) is 0 Å². The first-order valence-corrected chi connectivity index (χ1v) is 6.99. The Bertz CT molecular complexity index is 357. The molecule has 20 heavy (non-hydrogen) atoms. The minimum Gasteiger partial charge on any atom is -0.569 e. The van der Waals surface area contributed by atoms with Crippen molar-refractivity contribution in [3.8, 4) is 0 Å². The highest BCUT2D eigenvalue weighted by Crippen LogP contribution is 2.28. The first-order valence-electron chi connectivity index (χ1n) is 6.99. The van der Waals surface area contributed by atoms with Crippen LogP contribution >= 0.6 is 0 Å². The number of carboxylic acids is 1. The second-order valence-corrected chi connectivity index (χ2v) is 6.37. The Hall–Kier alpha value is -1.53. The lowest BCUT2D eigenvalue weighted by Gasteiger charge is -2.28. The van der Waals surface area contributed by atoms with E-state index in [4.69, 9.17) is 9.94 Å². The number of carboxylic acid groups (broad SMARTS) is 1. The van der Waals surface area contributed by atoms with Gasteiger partial charge in [0.1, 0.15) is 6.10 Å². The van der Waals surface area contributed by atoms with Gasteiger partial charge < -0.3 is 15.2 Å². The second kappa shape index (κ2) is 6.76. The number of carbonyl (C=O) groups is 1. The molecule has 7 heteroatoms. The molecule has 0 saturated heterocycles. The number of hydrogen-bond acceptors (Lipinski definition) is 4. The molecule has 0 aromatic rings. The third-order valence-electron chi connectivity index (χ3n) is 3.75. The lowest BCUT2D eigenvalue weighted by atomic mass is 9.85. The van der Waals surface area contributed by atoms with E-state index in [0.717, 1.165) is 25.7 Å². The van der Waals surface area contributed by atoms with Crippen LogP contribution < -0.4 is 0 Å². The average Bonchev–Trinajstić information content (AvgIpc) is 2.35. The summed E-state index contributed by atoms with van der Waals surface area (Å²) in [6, 6.07) is 0. The van der Waals surface area contributed by atoms with Crippen molar-refractivity contribution in [3.05, 3.63) is 5.21 Å². The molecule has 0 spiro atoms. The van der Waals surface area contributed by atoms with Crippen LogP contribution in [0.15, 0.2) is 5.28 Å². The van der Waals surface area contributed by atoms with E-state index < -0.39 is 5.97 Å². The summed E-state index contributed by atoms with van der Waals surface area (Å²) in [5, 5.41) is 25.5. The summed E-state index contributed by atoms with van der Waals surface area (Å²) in [5.74, 6) is -0.537. The number of rotatable bonds is 5. The van der Waals surface area contributed by atoms with Gasteiger partial charge >= 0.3 is 5.97 Å². The van der Waals surface area contributed by atoms with Gasteiger partial charge in [-0.05, 0) is 52.4 Å². The SMILES string of the molecule is CN(/[N+]([O-])=N\OC1CCC(CC(=O)O)CC1)C(C)(C)C. The Morgan fingerprint density at radius 2 is 1.95 bits per heavy atom. The van der Waals surface area contributed by atoms with E-state index >= 15 is 0 Å². The van der Waals surface area contributed by atoms with Crippen molar-refractivity contribution in [1.29, 1.82) is 0 Å². The quantitative estimate of drug-likeness (QED) is 0.477. The number of nitrogens with zero attached hydrogens (tertiary/aromatic N) is 3. The molecule has 0 aliphatic heterocycles. The molecule has 0 radical (unpaired) electrons. The molecule has 1 aliphatic rings. The predicted octanol–water partition coefficient (Wildman–Crippen LogP) is 2.56. The first kappa shape index (κ1) is 16.5. The van der Waals surface area contributed by atoms with Gasteiger partial charge in [-0.15, -0.1) is 5.01 Å². The molecule has 0 aromatic heterocycles. The molecule has 1 aliphatic carbocycles. The zero-order valence-electron chi connectivity index (χ0n) is 12.7. The molecule has 0 atom stereocenters. The normalized spacial score (nSPS) is 24.3. The minimum absolute atomic E-state index is 0.0927. The number of hydrogen-bond donors (Lipinski definition) is 1. The maximum absolute atomic E-state index is 11.7. The van der Waals surface area contributed by atoms with E-state index in [1.54, 1.807) is 7.05 Å². The molecular weight excluding hydrogens is 262 g/mol. The third kappa shape index (κ3) is 5.22. The summed E-state index contributed by atoms with van der Waals surface area (Å²) in [6.45, 7) is 5.72. The van der Waals surface area contributed by atoms with E-state index in [1.807, 2.05) is 20.8 Å². The number of hydrazine groups is 1. The largest absolute Gasteiger partial charge is 0.569 e. The Morgan fingerprint density at radius 1 is 1.40 bits per heavy atom. The number of aliphatic carboxylic acids is 1. The van der Waals surface area contributed by atoms with Crippen molar-refractivity contribution in [2.75, 3.05) is 7.05 Å². The molecule has 7 nitrogen and oxygen atoms in total. The lowest BCUT2D eigenvalue weighted by Crippen LogP contribution is -2.42. The second-order valence-electron chi connectivity index (χ2n) is 6.37. The Morgan fingerprint density at radius 3 is 2.40 bits per heavy atom. The molecule has 0 bridgehead atoms. The summed E-state index contributed by atoms with van der Waals surface area (Å²) in [5.41, 5.74) is -0.326. The summed E-state index contributed by atoms with van der Waals surface area (Å²) in [7, 11) is 1.66. The van der Waals surface area contributed by atoms with Gasteiger partial charge in [0.2, 0.25) is 5.28 Å². The molecule has 1 rings (SSSR count). The maximum Gasteiger partial charge on any atom is 0.303 e. The van der Waals surface area contributed by atoms with Gasteiger partial charge in [-0.2, -0.15) is 0 Å². The van der Waals surface area contributed by atoms with Crippen LogP contribution in [0.1, 0.15) is 52.9 Å². The zero-order valence-corrected chi connectivity index (χ0v) is 12.7. The molecule has 0 aromatic carbocycles. The molecule has 1 saturated carbocycles. The van der Waals surface area contributed by atoms with Gasteiger partial charge in [0.15, 0.2) is 0 Å². The van der Waals surface area contributed by atoms with E-state index in [1.165, 1.54) is 5.01 Å². The Kier molecular flexibility index (Phi) is 5.59. The molecular formula is C13H25N3O4.